The normalized spacial score (nSPS) is 11.6. The van der Waals surface area contributed by atoms with Gasteiger partial charge in [-0.15, -0.1) is 11.3 Å². The van der Waals surface area contributed by atoms with Gasteiger partial charge in [-0.1, -0.05) is 17.7 Å². The number of carboxylic acids is 1. The van der Waals surface area contributed by atoms with Crippen molar-refractivity contribution >= 4 is 34.6 Å². The molecule has 1 atom stereocenters. The second-order valence-corrected chi connectivity index (χ2v) is 5.15. The number of hydrogen-bond acceptors (Lipinski definition) is 4. The molecule has 19 heavy (non-hydrogen) atoms. The molecule has 0 amide bonds. The van der Waals surface area contributed by atoms with E-state index in [0.29, 0.717) is 21.2 Å². The molecule has 6 heteroatoms. The number of carboxylic acid groups (broad SMARTS) is 1. The number of rotatable bonds is 4. The van der Waals surface area contributed by atoms with Gasteiger partial charge in [0.05, 0.1) is 11.3 Å². The first-order valence-corrected chi connectivity index (χ1v) is 6.60. The lowest BCUT2D eigenvalue weighted by Crippen LogP contribution is -2.19. The molecular formula is C13H9ClN2O2S. The van der Waals surface area contributed by atoms with Gasteiger partial charge in [-0.25, -0.2) is 4.79 Å². The van der Waals surface area contributed by atoms with Crippen molar-refractivity contribution in [3.8, 4) is 6.07 Å². The summed E-state index contributed by atoms with van der Waals surface area (Å²) in [5.74, 6) is -0.999. The Morgan fingerprint density at radius 3 is 2.84 bits per heavy atom. The third-order valence-corrected chi connectivity index (χ3v) is 3.65. The van der Waals surface area contributed by atoms with Crippen molar-refractivity contribution in [1.29, 1.82) is 5.26 Å². The minimum absolute atomic E-state index is 0.315. The van der Waals surface area contributed by atoms with Crippen molar-refractivity contribution in [2.24, 2.45) is 0 Å². The molecule has 2 aromatic rings. The van der Waals surface area contributed by atoms with E-state index in [-0.39, 0.29) is 0 Å². The van der Waals surface area contributed by atoms with Crippen LogP contribution in [0, 0.1) is 11.3 Å². The molecule has 2 rings (SSSR count). The molecule has 0 spiro atoms. The fraction of sp³-hybridized carbons (Fsp3) is 0.0769. The first-order chi connectivity index (χ1) is 9.11. The Kier molecular flexibility index (Phi) is 4.05. The highest BCUT2D eigenvalue weighted by molar-refractivity contribution is 7.10. The van der Waals surface area contributed by atoms with Gasteiger partial charge < -0.3 is 10.4 Å². The van der Waals surface area contributed by atoms with E-state index >= 15 is 0 Å². The smallest absolute Gasteiger partial charge is 0.331 e. The second kappa shape index (κ2) is 5.74. The van der Waals surface area contributed by atoms with Gasteiger partial charge in [0.25, 0.3) is 0 Å². The van der Waals surface area contributed by atoms with E-state index < -0.39 is 12.0 Å². The van der Waals surface area contributed by atoms with Gasteiger partial charge in [-0.05, 0) is 29.6 Å². The van der Waals surface area contributed by atoms with Crippen LogP contribution in [0.1, 0.15) is 16.5 Å². The quantitative estimate of drug-likeness (QED) is 0.904. The van der Waals surface area contributed by atoms with Crippen molar-refractivity contribution in [3.63, 3.8) is 0 Å². The average Bonchev–Trinajstić information content (AvgIpc) is 2.90. The van der Waals surface area contributed by atoms with Crippen LogP contribution in [0.3, 0.4) is 0 Å². The molecule has 0 saturated heterocycles. The SMILES string of the molecule is N#Cc1cc(Cl)ccc1NC(C(=O)O)c1cccs1. The number of carbonyl (C=O) groups is 1. The van der Waals surface area contributed by atoms with Gasteiger partial charge in [-0.3, -0.25) is 0 Å². The molecule has 0 aliphatic rings. The topological polar surface area (TPSA) is 73.1 Å². The van der Waals surface area contributed by atoms with E-state index in [0.717, 1.165) is 0 Å². The van der Waals surface area contributed by atoms with Crippen LogP contribution in [0.25, 0.3) is 0 Å². The Bertz CT molecular complexity index is 635. The Balaban J connectivity index is 2.33. The molecule has 1 heterocycles. The minimum atomic E-state index is -0.999. The van der Waals surface area contributed by atoms with Crippen molar-refractivity contribution < 1.29 is 9.90 Å². The fourth-order valence-electron chi connectivity index (χ4n) is 1.60. The maximum Gasteiger partial charge on any atom is 0.331 e. The summed E-state index contributed by atoms with van der Waals surface area (Å²) >= 11 is 7.14. The Morgan fingerprint density at radius 2 is 2.26 bits per heavy atom. The van der Waals surface area contributed by atoms with E-state index in [1.807, 2.05) is 6.07 Å². The molecule has 96 valence electrons. The van der Waals surface area contributed by atoms with Gasteiger partial charge in [-0.2, -0.15) is 5.26 Å². The zero-order chi connectivity index (χ0) is 13.8. The molecule has 1 aromatic heterocycles. The number of aliphatic carboxylic acids is 1. The van der Waals surface area contributed by atoms with E-state index in [4.69, 9.17) is 16.9 Å². The number of nitriles is 1. The van der Waals surface area contributed by atoms with Gasteiger partial charge in [0.1, 0.15) is 6.07 Å². The van der Waals surface area contributed by atoms with Crippen molar-refractivity contribution in [3.05, 3.63) is 51.2 Å². The summed E-state index contributed by atoms with van der Waals surface area (Å²) < 4.78 is 0. The van der Waals surface area contributed by atoms with E-state index in [2.05, 4.69) is 5.32 Å². The van der Waals surface area contributed by atoms with E-state index in [1.165, 1.54) is 17.4 Å². The van der Waals surface area contributed by atoms with Gasteiger partial charge in [0, 0.05) is 9.90 Å². The lowest BCUT2D eigenvalue weighted by atomic mass is 10.1. The van der Waals surface area contributed by atoms with Crippen LogP contribution in [0.15, 0.2) is 35.7 Å². The first kappa shape index (κ1) is 13.4. The minimum Gasteiger partial charge on any atom is -0.479 e. The Labute approximate surface area is 118 Å². The monoisotopic (exact) mass is 292 g/mol. The lowest BCUT2D eigenvalue weighted by molar-refractivity contribution is -0.138. The second-order valence-electron chi connectivity index (χ2n) is 3.73. The molecule has 0 aliphatic carbocycles. The number of halogens is 1. The highest BCUT2D eigenvalue weighted by Gasteiger charge is 2.21. The van der Waals surface area contributed by atoms with Crippen LogP contribution in [0.5, 0.6) is 0 Å². The molecule has 0 saturated carbocycles. The van der Waals surface area contributed by atoms with Crippen LogP contribution in [-0.4, -0.2) is 11.1 Å². The molecule has 0 radical (unpaired) electrons. The van der Waals surface area contributed by atoms with Crippen LogP contribution < -0.4 is 5.32 Å². The molecule has 4 nitrogen and oxygen atoms in total. The molecule has 1 unspecified atom stereocenters. The average molecular weight is 293 g/mol. The van der Waals surface area contributed by atoms with Gasteiger partial charge in [0.15, 0.2) is 6.04 Å². The van der Waals surface area contributed by atoms with Gasteiger partial charge >= 0.3 is 5.97 Å². The molecule has 0 aliphatic heterocycles. The third kappa shape index (κ3) is 3.05. The molecule has 2 N–H and O–H groups in total. The van der Waals surface area contributed by atoms with E-state index in [1.54, 1.807) is 29.6 Å². The van der Waals surface area contributed by atoms with Crippen molar-refractivity contribution in [1.82, 2.24) is 0 Å². The predicted octanol–water partition coefficient (Wildman–Crippen LogP) is 3.51. The maximum atomic E-state index is 11.3. The van der Waals surface area contributed by atoms with Crippen LogP contribution >= 0.6 is 22.9 Å². The number of benzene rings is 1. The fourth-order valence-corrected chi connectivity index (χ4v) is 2.54. The number of nitrogens with one attached hydrogen (secondary N) is 1. The third-order valence-electron chi connectivity index (χ3n) is 2.48. The number of thiophene rings is 1. The van der Waals surface area contributed by atoms with Crippen LogP contribution in [-0.2, 0) is 4.79 Å². The summed E-state index contributed by atoms with van der Waals surface area (Å²) in [6.45, 7) is 0. The summed E-state index contributed by atoms with van der Waals surface area (Å²) in [5, 5.41) is 23.4. The first-order valence-electron chi connectivity index (χ1n) is 5.34. The lowest BCUT2D eigenvalue weighted by Gasteiger charge is -2.15. The predicted molar refractivity (Wildman–Crippen MR) is 74.5 cm³/mol. The number of nitrogens with zero attached hydrogens (tertiary/aromatic N) is 1. The maximum absolute atomic E-state index is 11.3. The zero-order valence-electron chi connectivity index (χ0n) is 9.63. The summed E-state index contributed by atoms with van der Waals surface area (Å²) in [5.41, 5.74) is 0.767. The van der Waals surface area contributed by atoms with Crippen LogP contribution in [0.4, 0.5) is 5.69 Å². The summed E-state index contributed by atoms with van der Waals surface area (Å²) in [7, 11) is 0. The number of hydrogen-bond donors (Lipinski definition) is 2. The summed E-state index contributed by atoms with van der Waals surface area (Å²) in [6.07, 6.45) is 0. The zero-order valence-corrected chi connectivity index (χ0v) is 11.2. The summed E-state index contributed by atoms with van der Waals surface area (Å²) in [4.78, 5) is 12.0. The van der Waals surface area contributed by atoms with Gasteiger partial charge in [0.2, 0.25) is 0 Å². The highest BCUT2D eigenvalue weighted by Crippen LogP contribution is 2.27. The summed E-state index contributed by atoms with van der Waals surface area (Å²) in [6, 6.07) is 9.33. The largest absolute Gasteiger partial charge is 0.479 e. The molecule has 0 fully saturated rings. The molecule has 1 aromatic carbocycles. The number of anilines is 1. The highest BCUT2D eigenvalue weighted by atomic mass is 35.5. The van der Waals surface area contributed by atoms with Crippen LogP contribution in [0.2, 0.25) is 5.02 Å². The Hall–Kier alpha value is -2.03. The molecule has 0 bridgehead atoms. The molecular weight excluding hydrogens is 284 g/mol. The van der Waals surface area contributed by atoms with Crippen molar-refractivity contribution in [2.75, 3.05) is 5.32 Å². The van der Waals surface area contributed by atoms with E-state index in [9.17, 15) is 9.90 Å². The Morgan fingerprint density at radius 1 is 1.47 bits per heavy atom. The van der Waals surface area contributed by atoms with Crippen molar-refractivity contribution in [2.45, 2.75) is 6.04 Å². The standard InChI is InChI=1S/C13H9ClN2O2S/c14-9-3-4-10(8(6-9)7-15)16-12(13(17)18)11-2-1-5-19-11/h1-6,12,16H,(H,17,18).